The van der Waals surface area contributed by atoms with E-state index in [1.54, 1.807) is 36.4 Å². The van der Waals surface area contributed by atoms with Crippen LogP contribution >= 0.6 is 11.3 Å². The van der Waals surface area contributed by atoms with Gasteiger partial charge in [0.1, 0.15) is 0 Å². The maximum Gasteiger partial charge on any atom is 0.255 e. The maximum atomic E-state index is 12.2. The molecule has 0 fully saturated rings. The van der Waals surface area contributed by atoms with Crippen molar-refractivity contribution in [3.63, 3.8) is 0 Å². The molecule has 1 heterocycles. The summed E-state index contributed by atoms with van der Waals surface area (Å²) in [6.07, 6.45) is 0. The normalized spacial score (nSPS) is 10.5. The molecule has 0 saturated heterocycles. The summed E-state index contributed by atoms with van der Waals surface area (Å²) in [7, 11) is 0. The van der Waals surface area contributed by atoms with Gasteiger partial charge < -0.3 is 16.4 Å². The third-order valence-corrected chi connectivity index (χ3v) is 4.04. The van der Waals surface area contributed by atoms with E-state index in [9.17, 15) is 9.59 Å². The van der Waals surface area contributed by atoms with Crippen LogP contribution in [-0.2, 0) is 4.79 Å². The van der Waals surface area contributed by atoms with E-state index in [4.69, 9.17) is 5.73 Å². The zero-order valence-electron chi connectivity index (χ0n) is 12.3. The van der Waals surface area contributed by atoms with E-state index in [-0.39, 0.29) is 11.8 Å². The highest BCUT2D eigenvalue weighted by Gasteiger charge is 2.09. The average Bonchev–Trinajstić information content (AvgIpc) is 2.88. The van der Waals surface area contributed by atoms with Crippen LogP contribution in [-0.4, -0.2) is 16.8 Å². The number of aromatic nitrogens is 1. The van der Waals surface area contributed by atoms with E-state index in [2.05, 4.69) is 15.6 Å². The molecule has 116 valence electrons. The summed E-state index contributed by atoms with van der Waals surface area (Å²) in [5.74, 6) is -0.378. The van der Waals surface area contributed by atoms with Crippen LogP contribution in [0.5, 0.6) is 0 Å². The Morgan fingerprint density at radius 3 is 2.52 bits per heavy atom. The number of carbonyl (C=O) groups excluding carboxylic acids is 2. The number of benzene rings is 2. The third kappa shape index (κ3) is 3.46. The zero-order valence-corrected chi connectivity index (χ0v) is 13.1. The van der Waals surface area contributed by atoms with E-state index in [1.165, 1.54) is 18.3 Å². The molecule has 2 amide bonds. The Morgan fingerprint density at radius 2 is 1.83 bits per heavy atom. The van der Waals surface area contributed by atoms with Crippen molar-refractivity contribution in [2.24, 2.45) is 0 Å². The number of rotatable bonds is 3. The molecule has 0 spiro atoms. The van der Waals surface area contributed by atoms with Crippen molar-refractivity contribution >= 4 is 49.9 Å². The topological polar surface area (TPSA) is 97.1 Å². The predicted molar refractivity (Wildman–Crippen MR) is 92.7 cm³/mol. The number of nitrogens with two attached hydrogens (primary N) is 1. The van der Waals surface area contributed by atoms with Crippen LogP contribution in [0.25, 0.3) is 10.2 Å². The second-order valence-corrected chi connectivity index (χ2v) is 5.99. The molecule has 3 aromatic rings. The minimum atomic E-state index is -0.212. The van der Waals surface area contributed by atoms with Gasteiger partial charge in [-0.05, 0) is 42.5 Å². The summed E-state index contributed by atoms with van der Waals surface area (Å²) in [5, 5.41) is 6.02. The van der Waals surface area contributed by atoms with E-state index in [0.717, 1.165) is 10.2 Å². The number of nitrogens with one attached hydrogen (secondary N) is 2. The molecule has 4 N–H and O–H groups in total. The highest BCUT2D eigenvalue weighted by atomic mass is 32.1. The number of nitrogens with zero attached hydrogens (tertiary/aromatic N) is 1. The molecule has 0 unspecified atom stereocenters. The fourth-order valence-corrected chi connectivity index (χ4v) is 3.00. The maximum absolute atomic E-state index is 12.2. The van der Waals surface area contributed by atoms with Crippen molar-refractivity contribution in [1.82, 2.24) is 4.98 Å². The van der Waals surface area contributed by atoms with E-state index in [1.807, 2.05) is 6.07 Å². The van der Waals surface area contributed by atoms with E-state index < -0.39 is 0 Å². The second kappa shape index (κ2) is 6.05. The Kier molecular flexibility index (Phi) is 3.94. The molecule has 0 atom stereocenters. The number of carbonyl (C=O) groups is 2. The summed E-state index contributed by atoms with van der Waals surface area (Å²) >= 11 is 1.35. The summed E-state index contributed by atoms with van der Waals surface area (Å²) in [6, 6.07) is 12.1. The lowest BCUT2D eigenvalue weighted by atomic mass is 10.2. The number of amides is 2. The Hall–Kier alpha value is -2.93. The van der Waals surface area contributed by atoms with E-state index >= 15 is 0 Å². The van der Waals surface area contributed by atoms with Gasteiger partial charge in [0.2, 0.25) is 5.91 Å². The first kappa shape index (κ1) is 15.0. The minimum Gasteiger partial charge on any atom is -0.399 e. The Balaban J connectivity index is 1.81. The molecule has 23 heavy (non-hydrogen) atoms. The Morgan fingerprint density at radius 1 is 1.09 bits per heavy atom. The van der Waals surface area contributed by atoms with Crippen LogP contribution in [0.1, 0.15) is 17.3 Å². The molecular formula is C16H14N4O2S. The van der Waals surface area contributed by atoms with Gasteiger partial charge in [0.25, 0.3) is 5.91 Å². The average molecular weight is 326 g/mol. The number of hydrogen-bond acceptors (Lipinski definition) is 5. The predicted octanol–water partition coefficient (Wildman–Crippen LogP) is 3.09. The number of thiazole rings is 1. The van der Waals surface area contributed by atoms with Gasteiger partial charge >= 0.3 is 0 Å². The second-order valence-electron chi connectivity index (χ2n) is 4.96. The summed E-state index contributed by atoms with van der Waals surface area (Å²) in [5.41, 5.74) is 8.18. The van der Waals surface area contributed by atoms with Gasteiger partial charge in [-0.1, -0.05) is 11.3 Å². The molecule has 0 aliphatic heterocycles. The molecule has 7 heteroatoms. The lowest BCUT2D eigenvalue weighted by Crippen LogP contribution is -2.11. The van der Waals surface area contributed by atoms with Crippen LogP contribution in [0.2, 0.25) is 0 Å². The van der Waals surface area contributed by atoms with Gasteiger partial charge in [-0.25, -0.2) is 4.98 Å². The van der Waals surface area contributed by atoms with E-state index in [0.29, 0.717) is 22.1 Å². The Labute approximate surface area is 136 Å². The van der Waals surface area contributed by atoms with Crippen LogP contribution < -0.4 is 16.4 Å². The summed E-state index contributed by atoms with van der Waals surface area (Å²) < 4.78 is 0.879. The van der Waals surface area contributed by atoms with Gasteiger partial charge in [-0.2, -0.15) is 0 Å². The van der Waals surface area contributed by atoms with Crippen molar-refractivity contribution in [2.75, 3.05) is 16.4 Å². The fourth-order valence-electron chi connectivity index (χ4n) is 2.04. The van der Waals surface area contributed by atoms with Gasteiger partial charge in [0.05, 0.1) is 10.2 Å². The molecule has 1 aromatic heterocycles. The molecule has 0 aliphatic rings. The number of hydrogen-bond donors (Lipinski definition) is 3. The van der Waals surface area contributed by atoms with Crippen molar-refractivity contribution < 1.29 is 9.59 Å². The van der Waals surface area contributed by atoms with Crippen LogP contribution in [0, 0.1) is 0 Å². The summed E-state index contributed by atoms with van der Waals surface area (Å²) in [4.78, 5) is 27.6. The number of nitrogen functional groups attached to an aromatic ring is 1. The minimum absolute atomic E-state index is 0.166. The van der Waals surface area contributed by atoms with Crippen molar-refractivity contribution in [3.05, 3.63) is 48.0 Å². The molecule has 6 nitrogen and oxygen atoms in total. The molecule has 0 saturated carbocycles. The quantitative estimate of drug-likeness (QED) is 0.644. The molecule has 2 aromatic carbocycles. The van der Waals surface area contributed by atoms with Gasteiger partial charge in [-0.3, -0.25) is 9.59 Å². The molecule has 0 radical (unpaired) electrons. The number of anilines is 3. The largest absolute Gasteiger partial charge is 0.399 e. The van der Waals surface area contributed by atoms with Gasteiger partial charge in [0.15, 0.2) is 5.13 Å². The standard InChI is InChI=1S/C16H14N4O2S/c1-9(21)18-16-20-13-7-6-12(8-14(13)23-16)19-15(22)10-2-4-11(17)5-3-10/h2-8H,17H2,1H3,(H,19,22)(H,18,20,21). The lowest BCUT2D eigenvalue weighted by Gasteiger charge is -2.05. The molecule has 0 bridgehead atoms. The lowest BCUT2D eigenvalue weighted by molar-refractivity contribution is -0.114. The highest BCUT2D eigenvalue weighted by Crippen LogP contribution is 2.28. The molecule has 3 rings (SSSR count). The zero-order chi connectivity index (χ0) is 16.4. The van der Waals surface area contributed by atoms with Crippen LogP contribution in [0.15, 0.2) is 42.5 Å². The monoisotopic (exact) mass is 326 g/mol. The van der Waals surface area contributed by atoms with Crippen molar-refractivity contribution in [2.45, 2.75) is 6.92 Å². The third-order valence-electron chi connectivity index (χ3n) is 3.10. The highest BCUT2D eigenvalue weighted by molar-refractivity contribution is 7.22. The van der Waals surface area contributed by atoms with Gasteiger partial charge in [0, 0.05) is 23.9 Å². The van der Waals surface area contributed by atoms with Crippen molar-refractivity contribution in [3.8, 4) is 0 Å². The summed E-state index contributed by atoms with van der Waals surface area (Å²) in [6.45, 7) is 1.43. The first-order chi connectivity index (χ1) is 11.0. The Bertz CT molecular complexity index is 887. The molecular weight excluding hydrogens is 312 g/mol. The van der Waals surface area contributed by atoms with Crippen LogP contribution in [0.3, 0.4) is 0 Å². The first-order valence-corrected chi connectivity index (χ1v) is 7.68. The van der Waals surface area contributed by atoms with Gasteiger partial charge in [-0.15, -0.1) is 0 Å². The van der Waals surface area contributed by atoms with Crippen LogP contribution in [0.4, 0.5) is 16.5 Å². The smallest absolute Gasteiger partial charge is 0.255 e. The first-order valence-electron chi connectivity index (χ1n) is 6.86. The SMILES string of the molecule is CC(=O)Nc1nc2ccc(NC(=O)c3ccc(N)cc3)cc2s1. The number of fused-ring (bicyclic) bond motifs is 1. The molecule has 0 aliphatic carbocycles. The van der Waals surface area contributed by atoms with Crippen molar-refractivity contribution in [1.29, 1.82) is 0 Å². The fraction of sp³-hybridized carbons (Fsp3) is 0.0625.